The summed E-state index contributed by atoms with van der Waals surface area (Å²) in [6.07, 6.45) is -1.93. The molecule has 0 saturated heterocycles. The third kappa shape index (κ3) is 5.90. The molecule has 3 aliphatic carbocycles. The van der Waals surface area contributed by atoms with Crippen molar-refractivity contribution in [3.05, 3.63) is 32.8 Å². The van der Waals surface area contributed by atoms with E-state index in [2.05, 4.69) is 9.82 Å². The second kappa shape index (κ2) is 10.7. The molecule has 38 heavy (non-hydrogen) atoms. The van der Waals surface area contributed by atoms with E-state index in [9.17, 15) is 30.8 Å². The third-order valence-corrected chi connectivity index (χ3v) is 11.0. The number of carbonyl (C=O) groups excluding carboxylic acids is 1. The van der Waals surface area contributed by atoms with E-state index in [0.717, 1.165) is 11.3 Å². The molecule has 1 N–H and O–H groups in total. The Bertz CT molecular complexity index is 1350. The van der Waals surface area contributed by atoms with Crippen molar-refractivity contribution in [1.29, 1.82) is 0 Å². The van der Waals surface area contributed by atoms with Gasteiger partial charge >= 0.3 is 0 Å². The van der Waals surface area contributed by atoms with Gasteiger partial charge in [-0.3, -0.25) is 9.48 Å². The van der Waals surface area contributed by atoms with E-state index in [1.54, 1.807) is 7.05 Å². The number of fused-ring (bicyclic) bond motifs is 1. The first-order valence-corrected chi connectivity index (χ1v) is 15.4. The number of Topliss-reactive ketones (excluding diaryl/α,β-unsaturated/α-hetero) is 1. The fourth-order valence-corrected chi connectivity index (χ4v) is 9.21. The lowest BCUT2D eigenvalue weighted by Gasteiger charge is -2.30. The van der Waals surface area contributed by atoms with E-state index < -0.39 is 40.8 Å². The van der Waals surface area contributed by atoms with Crippen molar-refractivity contribution in [2.75, 3.05) is 0 Å². The van der Waals surface area contributed by atoms with Gasteiger partial charge in [0.2, 0.25) is 10.0 Å². The zero-order chi connectivity index (χ0) is 27.4. The van der Waals surface area contributed by atoms with Gasteiger partial charge < -0.3 is 0 Å². The molecule has 2 fully saturated rings. The monoisotopic (exact) mass is 591 g/mol. The number of aryl methyl sites for hydroxylation is 2. The molecule has 0 aliphatic heterocycles. The highest BCUT2D eigenvalue weighted by atomic mass is 32.2. The van der Waals surface area contributed by atoms with E-state index in [1.807, 2.05) is 0 Å². The van der Waals surface area contributed by atoms with Gasteiger partial charge in [-0.1, -0.05) is 12.2 Å². The molecule has 208 valence electrons. The molecule has 2 heterocycles. The number of nitrogens with zero attached hydrogens (tertiary/aromatic N) is 2. The molecule has 13 heteroatoms. The van der Waals surface area contributed by atoms with E-state index >= 15 is 0 Å². The van der Waals surface area contributed by atoms with Gasteiger partial charge in [-0.15, -0.1) is 11.3 Å². The fraction of sp³-hybridized carbons (Fsp3) is 0.640. The minimum atomic E-state index is -4.02. The van der Waals surface area contributed by atoms with Crippen LogP contribution in [-0.4, -0.2) is 47.2 Å². The number of aromatic nitrogens is 2. The summed E-state index contributed by atoms with van der Waals surface area (Å²) in [7, 11) is -2.42. The Morgan fingerprint density at radius 2 is 1.97 bits per heavy atom. The normalized spacial score (nSPS) is 26.7. The van der Waals surface area contributed by atoms with Gasteiger partial charge in [0, 0.05) is 41.4 Å². The average molecular weight is 592 g/mol. The summed E-state index contributed by atoms with van der Waals surface area (Å²) in [6.45, 7) is 0. The molecule has 5 rings (SSSR count). The molecule has 2 aromatic heterocycles. The van der Waals surface area contributed by atoms with Crippen LogP contribution in [0.3, 0.4) is 0 Å². The van der Waals surface area contributed by atoms with E-state index in [0.29, 0.717) is 46.7 Å². The zero-order valence-electron chi connectivity index (χ0n) is 20.8. The number of hydrogen-bond donors (Lipinski definition) is 1. The van der Waals surface area contributed by atoms with Crippen LogP contribution in [0.2, 0.25) is 0 Å². The second-order valence-electron chi connectivity index (χ2n) is 10.7. The van der Waals surface area contributed by atoms with Crippen molar-refractivity contribution >= 4 is 44.2 Å². The molecule has 0 aromatic carbocycles. The van der Waals surface area contributed by atoms with Crippen LogP contribution < -0.4 is 4.72 Å². The maximum Gasteiger partial charge on any atom is 0.282 e. The zero-order valence-corrected chi connectivity index (χ0v) is 23.2. The molecule has 0 bridgehead atoms. The Hall–Kier alpha value is -1.70. The van der Waals surface area contributed by atoms with E-state index in [1.165, 1.54) is 22.1 Å². The number of nitrogens with one attached hydrogen (secondary N) is 1. The number of sulfonamides is 1. The van der Waals surface area contributed by atoms with Crippen LogP contribution in [0, 0.1) is 11.8 Å². The summed E-state index contributed by atoms with van der Waals surface area (Å²) < 4.78 is 83.8. The van der Waals surface area contributed by atoms with Crippen LogP contribution in [-0.2, 0) is 47.5 Å². The van der Waals surface area contributed by atoms with Crippen molar-refractivity contribution in [1.82, 2.24) is 14.5 Å². The van der Waals surface area contributed by atoms with Crippen LogP contribution in [0.4, 0.5) is 17.6 Å². The predicted octanol–water partition coefficient (Wildman–Crippen LogP) is 4.78. The topological polar surface area (TPSA) is 81.1 Å². The van der Waals surface area contributed by atoms with Crippen LogP contribution in [0.1, 0.15) is 65.2 Å². The van der Waals surface area contributed by atoms with Gasteiger partial charge in [-0.05, 0) is 67.4 Å². The van der Waals surface area contributed by atoms with E-state index in [-0.39, 0.29) is 48.0 Å². The van der Waals surface area contributed by atoms with Crippen LogP contribution in [0.25, 0.3) is 0 Å². The van der Waals surface area contributed by atoms with Crippen molar-refractivity contribution in [3.8, 4) is 0 Å². The molecule has 0 amide bonds. The molecule has 2 saturated carbocycles. The summed E-state index contributed by atoms with van der Waals surface area (Å²) in [6, 6.07) is 0.857. The highest BCUT2D eigenvalue weighted by Gasteiger charge is 2.44. The first kappa shape index (κ1) is 27.9. The second-order valence-corrected chi connectivity index (χ2v) is 14.1. The molecule has 3 aliphatic rings. The molecular weight excluding hydrogens is 562 g/mol. The molecule has 0 spiro atoms. The average Bonchev–Trinajstić information content (AvgIpc) is 3.26. The molecule has 0 unspecified atom stereocenters. The minimum absolute atomic E-state index is 0.0440. The number of hydrogen-bond acceptors (Lipinski definition) is 6. The van der Waals surface area contributed by atoms with Gasteiger partial charge in [0.25, 0.3) is 6.43 Å². The number of halogens is 4. The van der Waals surface area contributed by atoms with E-state index in [4.69, 9.17) is 12.2 Å². The molecule has 0 radical (unpaired) electrons. The first-order valence-electron chi connectivity index (χ1n) is 12.7. The molecule has 6 nitrogen and oxygen atoms in total. The highest BCUT2D eigenvalue weighted by Crippen LogP contribution is 2.43. The summed E-state index contributed by atoms with van der Waals surface area (Å²) in [4.78, 5) is 14.7. The summed E-state index contributed by atoms with van der Waals surface area (Å²) in [5.74, 6) is -0.918. The Labute approximate surface area is 228 Å². The van der Waals surface area contributed by atoms with Crippen molar-refractivity contribution < 1.29 is 30.8 Å². The number of thiophene rings is 1. The summed E-state index contributed by atoms with van der Waals surface area (Å²) in [5.41, 5.74) is 0.947. The van der Waals surface area contributed by atoms with Gasteiger partial charge in [0.05, 0.1) is 10.8 Å². The maximum absolute atomic E-state index is 13.5. The van der Waals surface area contributed by atoms with Gasteiger partial charge in [0.15, 0.2) is 0 Å². The Morgan fingerprint density at radius 1 is 1.26 bits per heavy atom. The van der Waals surface area contributed by atoms with Crippen LogP contribution in [0.5, 0.6) is 0 Å². The quantitative estimate of drug-likeness (QED) is 0.301. The highest BCUT2D eigenvalue weighted by molar-refractivity contribution is 7.89. The molecule has 2 aromatic rings. The lowest BCUT2D eigenvalue weighted by atomic mass is 9.84. The fourth-order valence-electron chi connectivity index (χ4n) is 5.40. The van der Waals surface area contributed by atoms with Crippen molar-refractivity contribution in [2.24, 2.45) is 18.9 Å². The summed E-state index contributed by atoms with van der Waals surface area (Å²) in [5, 5.41) is 3.83. The van der Waals surface area contributed by atoms with Crippen LogP contribution in [0.15, 0.2) is 11.0 Å². The Balaban J connectivity index is 1.34. The number of alkyl halides is 4. The van der Waals surface area contributed by atoms with Crippen LogP contribution >= 0.6 is 23.6 Å². The number of carbonyl (C=O) groups is 1. The lowest BCUT2D eigenvalue weighted by Crippen LogP contribution is -2.45. The summed E-state index contributed by atoms with van der Waals surface area (Å²) >= 11 is 6.88. The predicted molar refractivity (Wildman–Crippen MR) is 139 cm³/mol. The largest absolute Gasteiger partial charge is 0.299 e. The first-order chi connectivity index (χ1) is 17.9. The minimum Gasteiger partial charge on any atom is -0.299 e. The third-order valence-electron chi connectivity index (χ3n) is 7.63. The number of rotatable bonds is 11. The molecular formula is C25H29F4N3O3S3. The maximum atomic E-state index is 13.5. The Kier molecular flexibility index (Phi) is 7.84. The van der Waals surface area contributed by atoms with Crippen molar-refractivity contribution in [3.63, 3.8) is 0 Å². The SMILES string of the molecule is Cn1nc(C(F)F)cc1CC(=S)C[C@H]1CCc2sc(CC(=O)[C@H]3C[C@@H]3F)c(S(=O)(=O)NC3CC(F)C3)c2C1. The number of ketones is 1. The smallest absolute Gasteiger partial charge is 0.282 e. The van der Waals surface area contributed by atoms with Crippen molar-refractivity contribution in [2.45, 2.75) is 87.5 Å². The standard InChI is InChI=1S/C25H29F4N3O3S3/c1-32-15(9-20(30-32)25(28)29)8-16(36)4-12-2-3-22-18(5-12)24(38(34,35)31-14-6-13(26)7-14)23(37-22)11-21(33)17-10-19(17)27/h9,12-14,17,19,25,31H,2-8,10-11H2,1H3/t12-,13?,14?,17+,19+/m1/s1. The van der Waals surface area contributed by atoms with Gasteiger partial charge in [0.1, 0.15) is 23.8 Å². The Morgan fingerprint density at radius 3 is 2.58 bits per heavy atom. The lowest BCUT2D eigenvalue weighted by molar-refractivity contribution is -0.119. The van der Waals surface area contributed by atoms with Gasteiger partial charge in [-0.2, -0.15) is 5.10 Å². The van der Waals surface area contributed by atoms with Gasteiger partial charge in [-0.25, -0.2) is 30.7 Å². The number of thiocarbonyl (C=S) groups is 1. The molecule has 3 atom stereocenters.